The number of benzene rings is 1. The van der Waals surface area contributed by atoms with E-state index < -0.39 is 0 Å². The summed E-state index contributed by atoms with van der Waals surface area (Å²) in [5.74, 6) is 1.01. The summed E-state index contributed by atoms with van der Waals surface area (Å²) in [4.78, 5) is 30.5. The molecule has 0 aliphatic carbocycles. The first-order chi connectivity index (χ1) is 12.7. The van der Waals surface area contributed by atoms with E-state index in [1.807, 2.05) is 34.1 Å². The van der Waals surface area contributed by atoms with Crippen LogP contribution in [-0.2, 0) is 11.3 Å². The normalized spacial score (nSPS) is 18.0. The second-order valence-electron chi connectivity index (χ2n) is 6.86. The predicted octanol–water partition coefficient (Wildman–Crippen LogP) is 1.14. The van der Waals surface area contributed by atoms with Crippen LogP contribution in [0.1, 0.15) is 18.4 Å². The van der Waals surface area contributed by atoms with Gasteiger partial charge in [-0.25, -0.2) is 4.79 Å². The molecule has 2 saturated heterocycles. The first kappa shape index (κ1) is 18.5. The van der Waals surface area contributed by atoms with Gasteiger partial charge < -0.3 is 19.9 Å². The molecule has 0 saturated carbocycles. The molecule has 2 fully saturated rings. The van der Waals surface area contributed by atoms with Gasteiger partial charge >= 0.3 is 6.03 Å². The molecular weight excluding hydrogens is 332 g/mol. The number of carbonyl (C=O) groups is 2. The number of likely N-dealkylation sites (tertiary alicyclic amines) is 1. The van der Waals surface area contributed by atoms with Crippen LogP contribution in [0.15, 0.2) is 24.3 Å². The van der Waals surface area contributed by atoms with Crippen LogP contribution < -0.4 is 10.1 Å². The van der Waals surface area contributed by atoms with Crippen LogP contribution in [0.3, 0.4) is 0 Å². The summed E-state index contributed by atoms with van der Waals surface area (Å²) in [6.07, 6.45) is 2.24. The molecular formula is C19H28N4O3. The van der Waals surface area contributed by atoms with E-state index in [4.69, 9.17) is 4.74 Å². The van der Waals surface area contributed by atoms with Crippen LogP contribution in [-0.4, -0.2) is 79.6 Å². The highest BCUT2D eigenvalue weighted by Gasteiger charge is 2.25. The van der Waals surface area contributed by atoms with Crippen LogP contribution in [0.25, 0.3) is 0 Å². The molecule has 0 bridgehead atoms. The molecule has 142 valence electrons. The molecule has 1 aromatic rings. The fourth-order valence-corrected chi connectivity index (χ4v) is 3.44. The summed E-state index contributed by atoms with van der Waals surface area (Å²) in [5.41, 5.74) is 1.01. The topological polar surface area (TPSA) is 65.1 Å². The first-order valence-electron chi connectivity index (χ1n) is 9.31. The van der Waals surface area contributed by atoms with Crippen LogP contribution in [0, 0.1) is 0 Å². The average Bonchev–Trinajstić information content (AvgIpc) is 3.22. The fourth-order valence-electron chi connectivity index (χ4n) is 3.44. The van der Waals surface area contributed by atoms with Gasteiger partial charge in [0.25, 0.3) is 0 Å². The van der Waals surface area contributed by atoms with Crippen molar-refractivity contribution in [2.75, 3.05) is 52.9 Å². The van der Waals surface area contributed by atoms with Gasteiger partial charge in [0.2, 0.25) is 5.91 Å². The number of ether oxygens (including phenoxy) is 1. The number of urea groups is 1. The molecule has 3 rings (SSSR count). The number of piperazine rings is 1. The van der Waals surface area contributed by atoms with Gasteiger partial charge in [0.1, 0.15) is 5.75 Å². The van der Waals surface area contributed by atoms with Crippen molar-refractivity contribution in [1.29, 1.82) is 0 Å². The van der Waals surface area contributed by atoms with Crippen molar-refractivity contribution in [2.45, 2.75) is 19.4 Å². The Labute approximate surface area is 154 Å². The van der Waals surface area contributed by atoms with E-state index in [9.17, 15) is 9.59 Å². The van der Waals surface area contributed by atoms with E-state index in [-0.39, 0.29) is 11.9 Å². The summed E-state index contributed by atoms with van der Waals surface area (Å²) >= 11 is 0. The Kier molecular flexibility index (Phi) is 6.33. The van der Waals surface area contributed by atoms with Gasteiger partial charge in [-0.3, -0.25) is 9.69 Å². The van der Waals surface area contributed by atoms with Crippen LogP contribution >= 0.6 is 0 Å². The lowest BCUT2D eigenvalue weighted by Crippen LogP contribution is -2.53. The summed E-state index contributed by atoms with van der Waals surface area (Å²) < 4.78 is 5.20. The van der Waals surface area contributed by atoms with Crippen LogP contribution in [0.5, 0.6) is 5.75 Å². The second kappa shape index (κ2) is 8.89. The van der Waals surface area contributed by atoms with E-state index in [0.717, 1.165) is 50.3 Å². The minimum absolute atomic E-state index is 0.0571. The third-order valence-electron chi connectivity index (χ3n) is 5.06. The highest BCUT2D eigenvalue weighted by atomic mass is 16.5. The molecule has 0 spiro atoms. The van der Waals surface area contributed by atoms with E-state index in [1.54, 1.807) is 7.11 Å². The van der Waals surface area contributed by atoms with Crippen molar-refractivity contribution in [1.82, 2.24) is 20.0 Å². The number of hydrogen-bond donors (Lipinski definition) is 1. The Balaban J connectivity index is 1.39. The standard InChI is InChI=1S/C19H28N4O3/c1-26-17-6-4-5-16(13-17)14-20-19(25)23-11-9-21(10-12-23)15-18(24)22-7-2-3-8-22/h4-6,13H,2-3,7-12,14-15H2,1H3,(H,20,25). The maximum Gasteiger partial charge on any atom is 0.317 e. The van der Waals surface area contributed by atoms with Gasteiger partial charge in [0.05, 0.1) is 13.7 Å². The minimum atomic E-state index is -0.0571. The summed E-state index contributed by atoms with van der Waals surface area (Å²) in [7, 11) is 1.63. The Morgan fingerprint density at radius 1 is 1.04 bits per heavy atom. The average molecular weight is 360 g/mol. The maximum atomic E-state index is 12.4. The maximum absolute atomic E-state index is 12.4. The van der Waals surface area contributed by atoms with Crippen molar-refractivity contribution < 1.29 is 14.3 Å². The zero-order chi connectivity index (χ0) is 18.4. The zero-order valence-electron chi connectivity index (χ0n) is 15.4. The zero-order valence-corrected chi connectivity index (χ0v) is 15.4. The van der Waals surface area contributed by atoms with Crippen molar-refractivity contribution in [2.24, 2.45) is 0 Å². The van der Waals surface area contributed by atoms with Crippen molar-refractivity contribution in [3.05, 3.63) is 29.8 Å². The second-order valence-corrected chi connectivity index (χ2v) is 6.86. The first-order valence-corrected chi connectivity index (χ1v) is 9.31. The number of hydrogen-bond acceptors (Lipinski definition) is 4. The van der Waals surface area contributed by atoms with Crippen molar-refractivity contribution >= 4 is 11.9 Å². The lowest BCUT2D eigenvalue weighted by atomic mass is 10.2. The molecule has 0 atom stereocenters. The molecule has 7 heteroatoms. The smallest absolute Gasteiger partial charge is 0.317 e. The predicted molar refractivity (Wildman–Crippen MR) is 99.1 cm³/mol. The van der Waals surface area contributed by atoms with E-state index in [2.05, 4.69) is 10.2 Å². The number of nitrogens with one attached hydrogen (secondary N) is 1. The third-order valence-corrected chi connectivity index (χ3v) is 5.06. The van der Waals surface area contributed by atoms with Crippen molar-refractivity contribution in [3.8, 4) is 5.75 Å². The quantitative estimate of drug-likeness (QED) is 0.855. The Hall–Kier alpha value is -2.28. The molecule has 26 heavy (non-hydrogen) atoms. The van der Waals surface area contributed by atoms with Gasteiger partial charge in [-0.15, -0.1) is 0 Å². The van der Waals surface area contributed by atoms with Crippen LogP contribution in [0.2, 0.25) is 0 Å². The summed E-state index contributed by atoms with van der Waals surface area (Å²) in [6, 6.07) is 7.62. The summed E-state index contributed by atoms with van der Waals surface area (Å²) in [5, 5.41) is 2.96. The number of rotatable bonds is 5. The molecule has 0 radical (unpaired) electrons. The monoisotopic (exact) mass is 360 g/mol. The fraction of sp³-hybridized carbons (Fsp3) is 0.579. The molecule has 2 aliphatic rings. The molecule has 1 N–H and O–H groups in total. The molecule has 3 amide bonds. The third kappa shape index (κ3) is 4.88. The van der Waals surface area contributed by atoms with Crippen molar-refractivity contribution in [3.63, 3.8) is 0 Å². The highest BCUT2D eigenvalue weighted by molar-refractivity contribution is 5.78. The number of methoxy groups -OCH3 is 1. The molecule has 0 aromatic heterocycles. The number of amides is 3. The Morgan fingerprint density at radius 3 is 2.46 bits per heavy atom. The molecule has 2 heterocycles. The van der Waals surface area contributed by atoms with Gasteiger partial charge in [-0.1, -0.05) is 12.1 Å². The van der Waals surface area contributed by atoms with Gasteiger partial charge in [0, 0.05) is 45.8 Å². The summed E-state index contributed by atoms with van der Waals surface area (Å²) in [6.45, 7) is 5.52. The SMILES string of the molecule is COc1cccc(CNC(=O)N2CCN(CC(=O)N3CCCC3)CC2)c1. The number of nitrogens with zero attached hydrogens (tertiary/aromatic N) is 3. The molecule has 2 aliphatic heterocycles. The molecule has 0 unspecified atom stereocenters. The molecule has 7 nitrogen and oxygen atoms in total. The molecule has 1 aromatic carbocycles. The largest absolute Gasteiger partial charge is 0.497 e. The van der Waals surface area contributed by atoms with E-state index in [0.29, 0.717) is 26.2 Å². The Bertz CT molecular complexity index is 623. The van der Waals surface area contributed by atoms with Gasteiger partial charge in [-0.2, -0.15) is 0 Å². The van der Waals surface area contributed by atoms with E-state index in [1.165, 1.54) is 0 Å². The lowest BCUT2D eigenvalue weighted by Gasteiger charge is -2.35. The van der Waals surface area contributed by atoms with Gasteiger partial charge in [-0.05, 0) is 30.5 Å². The van der Waals surface area contributed by atoms with E-state index >= 15 is 0 Å². The lowest BCUT2D eigenvalue weighted by molar-refractivity contribution is -0.131. The Morgan fingerprint density at radius 2 is 1.77 bits per heavy atom. The minimum Gasteiger partial charge on any atom is -0.497 e. The van der Waals surface area contributed by atoms with Gasteiger partial charge in [0.15, 0.2) is 0 Å². The highest BCUT2D eigenvalue weighted by Crippen LogP contribution is 2.13. The van der Waals surface area contributed by atoms with Crippen LogP contribution in [0.4, 0.5) is 4.79 Å². The number of carbonyl (C=O) groups excluding carboxylic acids is 2.